The first kappa shape index (κ1) is 20.3. The molecular formula is C17H19N3O6S. The van der Waals surface area contributed by atoms with Gasteiger partial charge in [0.05, 0.1) is 16.9 Å². The Morgan fingerprint density at radius 2 is 1.74 bits per heavy atom. The van der Waals surface area contributed by atoms with Crippen molar-refractivity contribution in [3.05, 3.63) is 64.2 Å². The highest BCUT2D eigenvalue weighted by Crippen LogP contribution is 2.15. The molecule has 0 spiro atoms. The average Bonchev–Trinajstić information content (AvgIpc) is 2.66. The predicted molar refractivity (Wildman–Crippen MR) is 97.7 cm³/mol. The molecule has 0 radical (unpaired) electrons. The molecule has 0 heterocycles. The second kappa shape index (κ2) is 9.10. The minimum atomic E-state index is -3.84. The number of nitrogens with zero attached hydrogens (tertiary/aromatic N) is 1. The van der Waals surface area contributed by atoms with E-state index in [2.05, 4.69) is 10.0 Å². The molecule has 0 aromatic heterocycles. The molecule has 0 unspecified atom stereocenters. The normalized spacial score (nSPS) is 11.0. The maximum absolute atomic E-state index is 12.1. The second-order valence-electron chi connectivity index (χ2n) is 5.52. The summed E-state index contributed by atoms with van der Waals surface area (Å²) in [6.45, 7) is 0.228. The van der Waals surface area contributed by atoms with Gasteiger partial charge in [-0.1, -0.05) is 12.1 Å². The molecule has 9 nitrogen and oxygen atoms in total. The molecule has 0 aliphatic heterocycles. The van der Waals surface area contributed by atoms with Gasteiger partial charge in [0.1, 0.15) is 5.75 Å². The van der Waals surface area contributed by atoms with Gasteiger partial charge >= 0.3 is 0 Å². The Labute approximate surface area is 156 Å². The van der Waals surface area contributed by atoms with Crippen molar-refractivity contribution in [1.82, 2.24) is 10.0 Å². The number of hydrogen-bond acceptors (Lipinski definition) is 6. The maximum atomic E-state index is 12.1. The first-order valence-electron chi connectivity index (χ1n) is 7.95. The van der Waals surface area contributed by atoms with Crippen LogP contribution in [0.2, 0.25) is 0 Å². The van der Waals surface area contributed by atoms with Gasteiger partial charge in [-0.3, -0.25) is 14.9 Å². The highest BCUT2D eigenvalue weighted by Gasteiger charge is 2.16. The molecule has 2 N–H and O–H groups in total. The van der Waals surface area contributed by atoms with Crippen LogP contribution in [-0.2, 0) is 21.4 Å². The molecule has 10 heteroatoms. The van der Waals surface area contributed by atoms with Crippen molar-refractivity contribution in [1.29, 1.82) is 0 Å². The number of nitro groups is 1. The monoisotopic (exact) mass is 393 g/mol. The molecule has 1 amide bonds. The predicted octanol–water partition coefficient (Wildman–Crippen LogP) is 1.59. The van der Waals surface area contributed by atoms with Crippen molar-refractivity contribution in [2.24, 2.45) is 0 Å². The lowest BCUT2D eigenvalue weighted by Gasteiger charge is -2.08. The smallest absolute Gasteiger partial charge is 0.269 e. The van der Waals surface area contributed by atoms with Crippen molar-refractivity contribution in [3.63, 3.8) is 0 Å². The van der Waals surface area contributed by atoms with Gasteiger partial charge in [0.15, 0.2) is 0 Å². The van der Waals surface area contributed by atoms with Gasteiger partial charge < -0.3 is 10.1 Å². The van der Waals surface area contributed by atoms with E-state index in [0.717, 1.165) is 29.8 Å². The summed E-state index contributed by atoms with van der Waals surface area (Å²) >= 11 is 0. The number of ether oxygens (including phenoxy) is 1. The van der Waals surface area contributed by atoms with Crippen molar-refractivity contribution in [2.75, 3.05) is 13.7 Å². The van der Waals surface area contributed by atoms with Gasteiger partial charge in [-0.05, 0) is 29.8 Å². The van der Waals surface area contributed by atoms with Crippen molar-refractivity contribution in [2.45, 2.75) is 17.9 Å². The molecular weight excluding hydrogens is 374 g/mol. The van der Waals surface area contributed by atoms with Gasteiger partial charge in [-0.2, -0.15) is 0 Å². The number of carbonyl (C=O) groups excluding carboxylic acids is 1. The number of sulfonamides is 1. The summed E-state index contributed by atoms with van der Waals surface area (Å²) in [6, 6.07) is 11.7. The highest BCUT2D eigenvalue weighted by molar-refractivity contribution is 7.89. The molecule has 2 aromatic carbocycles. The minimum Gasteiger partial charge on any atom is -0.497 e. The molecule has 0 aliphatic carbocycles. The lowest BCUT2D eigenvalue weighted by atomic mass is 10.2. The molecule has 0 saturated carbocycles. The first-order valence-corrected chi connectivity index (χ1v) is 9.44. The summed E-state index contributed by atoms with van der Waals surface area (Å²) in [5, 5.41) is 13.3. The summed E-state index contributed by atoms with van der Waals surface area (Å²) in [5.74, 6) is 0.406. The number of hydrogen-bond donors (Lipinski definition) is 2. The van der Waals surface area contributed by atoms with Gasteiger partial charge in [-0.25, -0.2) is 13.1 Å². The molecule has 27 heavy (non-hydrogen) atoms. The van der Waals surface area contributed by atoms with E-state index in [1.807, 2.05) is 12.1 Å². The summed E-state index contributed by atoms with van der Waals surface area (Å²) < 4.78 is 31.6. The van der Waals surface area contributed by atoms with Crippen LogP contribution < -0.4 is 14.8 Å². The van der Waals surface area contributed by atoms with E-state index in [0.29, 0.717) is 12.3 Å². The highest BCUT2D eigenvalue weighted by atomic mass is 32.2. The largest absolute Gasteiger partial charge is 0.497 e. The SMILES string of the molecule is COc1ccc(CNC(=O)CCNS(=O)(=O)c2ccc([N+](=O)[O-])cc2)cc1. The van der Waals surface area contributed by atoms with Gasteiger partial charge in [0, 0.05) is 31.6 Å². The zero-order valence-electron chi connectivity index (χ0n) is 14.5. The van der Waals surface area contributed by atoms with E-state index < -0.39 is 14.9 Å². The quantitative estimate of drug-likeness (QED) is 0.492. The van der Waals surface area contributed by atoms with Crippen LogP contribution in [0.3, 0.4) is 0 Å². The topological polar surface area (TPSA) is 128 Å². The molecule has 2 rings (SSSR count). The van der Waals surface area contributed by atoms with Crippen molar-refractivity contribution < 1.29 is 22.9 Å². The Kier molecular flexibility index (Phi) is 6.85. The number of nitro benzene ring substituents is 1. The number of benzene rings is 2. The molecule has 0 aliphatic rings. The van der Waals surface area contributed by atoms with Crippen LogP contribution in [0.1, 0.15) is 12.0 Å². The molecule has 0 bridgehead atoms. The van der Waals surface area contributed by atoms with E-state index in [1.165, 1.54) is 0 Å². The third kappa shape index (κ3) is 6.04. The number of methoxy groups -OCH3 is 1. The standard InChI is InChI=1S/C17H19N3O6S/c1-26-15-6-2-13(3-7-15)12-18-17(21)10-11-19-27(24,25)16-8-4-14(5-9-16)20(22)23/h2-9,19H,10-12H2,1H3,(H,18,21). The van der Waals surface area contributed by atoms with Crippen molar-refractivity contribution in [3.8, 4) is 5.75 Å². The maximum Gasteiger partial charge on any atom is 0.269 e. The van der Waals surface area contributed by atoms with Crippen LogP contribution in [0.25, 0.3) is 0 Å². The molecule has 0 fully saturated rings. The molecule has 144 valence electrons. The van der Waals surface area contributed by atoms with Crippen molar-refractivity contribution >= 4 is 21.6 Å². The number of carbonyl (C=O) groups is 1. The summed E-state index contributed by atoms with van der Waals surface area (Å²) in [5.41, 5.74) is 0.683. The van der Waals surface area contributed by atoms with E-state index in [4.69, 9.17) is 4.74 Å². The van der Waals surface area contributed by atoms with Crippen LogP contribution in [0, 0.1) is 10.1 Å². The van der Waals surface area contributed by atoms with E-state index in [9.17, 15) is 23.3 Å². The summed E-state index contributed by atoms with van der Waals surface area (Å²) in [7, 11) is -2.28. The Hall–Kier alpha value is -2.98. The van der Waals surface area contributed by atoms with Gasteiger partial charge in [-0.15, -0.1) is 0 Å². The minimum absolute atomic E-state index is 0.0393. The first-order chi connectivity index (χ1) is 12.8. The Morgan fingerprint density at radius 1 is 1.11 bits per heavy atom. The fraction of sp³-hybridized carbons (Fsp3) is 0.235. The average molecular weight is 393 g/mol. The Bertz CT molecular complexity index is 895. The van der Waals surface area contributed by atoms with E-state index >= 15 is 0 Å². The number of nitrogens with one attached hydrogen (secondary N) is 2. The third-order valence-electron chi connectivity index (χ3n) is 3.65. The zero-order chi connectivity index (χ0) is 19.9. The molecule has 2 aromatic rings. The van der Waals surface area contributed by atoms with Gasteiger partial charge in [0.2, 0.25) is 15.9 Å². The molecule has 0 atom stereocenters. The summed E-state index contributed by atoms with van der Waals surface area (Å²) in [4.78, 5) is 21.7. The fourth-order valence-corrected chi connectivity index (χ4v) is 3.19. The Balaban J connectivity index is 1.79. The van der Waals surface area contributed by atoms with Crippen LogP contribution in [0.4, 0.5) is 5.69 Å². The lowest BCUT2D eigenvalue weighted by molar-refractivity contribution is -0.384. The van der Waals surface area contributed by atoms with E-state index in [-0.39, 0.29) is 29.5 Å². The second-order valence-corrected chi connectivity index (χ2v) is 7.29. The zero-order valence-corrected chi connectivity index (χ0v) is 15.4. The number of rotatable bonds is 9. The van der Waals surface area contributed by atoms with Crippen LogP contribution in [0.5, 0.6) is 5.75 Å². The Morgan fingerprint density at radius 3 is 2.30 bits per heavy atom. The lowest BCUT2D eigenvalue weighted by Crippen LogP contribution is -2.30. The fourth-order valence-electron chi connectivity index (χ4n) is 2.16. The summed E-state index contributed by atoms with van der Waals surface area (Å²) in [6.07, 6.45) is -0.0393. The van der Waals surface area contributed by atoms with Gasteiger partial charge in [0.25, 0.3) is 5.69 Å². The number of non-ortho nitro benzene ring substituents is 1. The third-order valence-corrected chi connectivity index (χ3v) is 5.13. The molecule has 0 saturated heterocycles. The van der Waals surface area contributed by atoms with Crippen LogP contribution in [-0.4, -0.2) is 32.9 Å². The van der Waals surface area contributed by atoms with E-state index in [1.54, 1.807) is 19.2 Å². The number of amides is 1. The van der Waals surface area contributed by atoms with Crippen LogP contribution in [0.15, 0.2) is 53.4 Å². The van der Waals surface area contributed by atoms with Crippen LogP contribution >= 0.6 is 0 Å².